The molecule has 0 amide bonds. The maximum Gasteiger partial charge on any atom is 0.296 e. The smallest absolute Gasteiger partial charge is 0.296 e. The summed E-state index contributed by atoms with van der Waals surface area (Å²) in [6, 6.07) is 12.8. The van der Waals surface area contributed by atoms with Gasteiger partial charge in [0.1, 0.15) is 5.75 Å². The van der Waals surface area contributed by atoms with Crippen LogP contribution < -0.4 is 4.74 Å². The topological polar surface area (TPSA) is 52.6 Å². The van der Waals surface area contributed by atoms with Crippen molar-refractivity contribution in [1.29, 1.82) is 0 Å². The second-order valence-electron chi connectivity index (χ2n) is 6.62. The Kier molecular flexibility index (Phi) is 6.37. The monoisotopic (exact) mass is 438 g/mol. The Bertz CT molecular complexity index is 847. The molecule has 0 aromatic heterocycles. The molecule has 1 aliphatic rings. The van der Waals surface area contributed by atoms with Crippen molar-refractivity contribution >= 4 is 26.0 Å². The summed E-state index contributed by atoms with van der Waals surface area (Å²) in [4.78, 5) is 0.210. The minimum absolute atomic E-state index is 0.192. The number of halogens is 1. The average Bonchev–Trinajstić information content (AvgIpc) is 2.62. The van der Waals surface area contributed by atoms with E-state index in [-0.39, 0.29) is 17.6 Å². The third kappa shape index (κ3) is 5.09. The van der Waals surface area contributed by atoms with Crippen LogP contribution in [-0.2, 0) is 20.7 Å². The fourth-order valence-electron chi connectivity index (χ4n) is 3.03. The highest BCUT2D eigenvalue weighted by Crippen LogP contribution is 2.31. The van der Waals surface area contributed by atoms with Gasteiger partial charge in [-0.2, -0.15) is 8.42 Å². The van der Waals surface area contributed by atoms with E-state index in [0.29, 0.717) is 6.42 Å². The molecule has 2 aromatic rings. The van der Waals surface area contributed by atoms with E-state index < -0.39 is 10.1 Å². The van der Waals surface area contributed by atoms with E-state index >= 15 is 0 Å². The van der Waals surface area contributed by atoms with Crippen LogP contribution in [0.15, 0.2) is 51.8 Å². The first-order chi connectivity index (χ1) is 12.4. The van der Waals surface area contributed by atoms with E-state index in [1.807, 2.05) is 19.1 Å². The number of hydrogen-bond donors (Lipinski definition) is 0. The highest BCUT2D eigenvalue weighted by Gasteiger charge is 2.20. The number of aryl methyl sites for hydroxylation is 2. The van der Waals surface area contributed by atoms with Crippen LogP contribution >= 0.6 is 15.9 Å². The van der Waals surface area contributed by atoms with Gasteiger partial charge in [-0.1, -0.05) is 33.6 Å². The zero-order valence-corrected chi connectivity index (χ0v) is 17.2. The van der Waals surface area contributed by atoms with Gasteiger partial charge in [0.15, 0.2) is 0 Å². The quantitative estimate of drug-likeness (QED) is 0.449. The van der Waals surface area contributed by atoms with Crippen molar-refractivity contribution in [2.45, 2.75) is 50.0 Å². The summed E-state index contributed by atoms with van der Waals surface area (Å²) in [7, 11) is -3.66. The molecule has 0 spiro atoms. The van der Waals surface area contributed by atoms with E-state index in [4.69, 9.17) is 8.92 Å². The molecule has 4 nitrogen and oxygen atoms in total. The summed E-state index contributed by atoms with van der Waals surface area (Å²) in [6.07, 6.45) is 4.67. The highest BCUT2D eigenvalue weighted by molar-refractivity contribution is 9.10. The van der Waals surface area contributed by atoms with Gasteiger partial charge in [0.2, 0.25) is 0 Å². The van der Waals surface area contributed by atoms with Crippen LogP contribution in [0.2, 0.25) is 0 Å². The zero-order valence-electron chi connectivity index (χ0n) is 14.8. The van der Waals surface area contributed by atoms with Crippen molar-refractivity contribution in [2.75, 3.05) is 6.61 Å². The Labute approximate surface area is 163 Å². The lowest BCUT2D eigenvalue weighted by Gasteiger charge is -2.26. The lowest BCUT2D eigenvalue weighted by atomic mass is 9.99. The summed E-state index contributed by atoms with van der Waals surface area (Å²) < 4.78 is 36.5. The first-order valence-corrected chi connectivity index (χ1v) is 11.1. The molecular weight excluding hydrogens is 416 g/mol. The molecule has 0 aliphatic carbocycles. The van der Waals surface area contributed by atoms with Crippen molar-refractivity contribution in [3.05, 3.63) is 58.1 Å². The fraction of sp³-hybridized carbons (Fsp3) is 0.400. The zero-order chi connectivity index (χ0) is 18.6. The van der Waals surface area contributed by atoms with Crippen molar-refractivity contribution in [3.63, 3.8) is 0 Å². The molecule has 1 unspecified atom stereocenters. The molecule has 0 saturated carbocycles. The molecule has 26 heavy (non-hydrogen) atoms. The molecule has 0 bridgehead atoms. The summed E-state index contributed by atoms with van der Waals surface area (Å²) in [5, 5.41) is 0. The van der Waals surface area contributed by atoms with Crippen LogP contribution in [-0.4, -0.2) is 21.1 Å². The van der Waals surface area contributed by atoms with Crippen LogP contribution in [0, 0.1) is 6.92 Å². The summed E-state index contributed by atoms with van der Waals surface area (Å²) in [6.45, 7) is 2.12. The Balaban J connectivity index is 1.41. The molecule has 1 atom stereocenters. The number of hydrogen-bond acceptors (Lipinski definition) is 4. The largest absolute Gasteiger partial charge is 0.490 e. The predicted molar refractivity (Wildman–Crippen MR) is 105 cm³/mol. The summed E-state index contributed by atoms with van der Waals surface area (Å²) in [5.41, 5.74) is 2.26. The molecule has 0 saturated heterocycles. The predicted octanol–water partition coefficient (Wildman–Crippen LogP) is 5.03. The van der Waals surface area contributed by atoms with Gasteiger partial charge in [0.05, 0.1) is 17.6 Å². The average molecular weight is 439 g/mol. The molecule has 0 radical (unpaired) electrons. The van der Waals surface area contributed by atoms with Crippen LogP contribution in [0.5, 0.6) is 5.75 Å². The minimum atomic E-state index is -3.66. The molecule has 1 aliphatic heterocycles. The van der Waals surface area contributed by atoms with Gasteiger partial charge < -0.3 is 4.74 Å². The first kappa shape index (κ1) is 19.4. The summed E-state index contributed by atoms with van der Waals surface area (Å²) in [5.74, 6) is 0.961. The lowest BCUT2D eigenvalue weighted by Crippen LogP contribution is -2.22. The van der Waals surface area contributed by atoms with Gasteiger partial charge in [-0.3, -0.25) is 4.18 Å². The number of ether oxygens (including phenoxy) is 1. The van der Waals surface area contributed by atoms with Crippen molar-refractivity contribution in [2.24, 2.45) is 0 Å². The fourth-order valence-corrected chi connectivity index (χ4v) is 4.38. The molecule has 6 heteroatoms. The number of unbranched alkanes of at least 4 members (excludes halogenated alkanes) is 1. The second kappa shape index (κ2) is 8.55. The second-order valence-corrected chi connectivity index (χ2v) is 9.15. The van der Waals surface area contributed by atoms with Gasteiger partial charge in [-0.15, -0.1) is 0 Å². The lowest BCUT2D eigenvalue weighted by molar-refractivity contribution is 0.158. The standard InChI is InChI=1S/C20H23BrO4S/c1-15-5-10-19(11-6-15)26(22,23)24-13-3-2-4-18-9-7-16-14-17(21)8-12-20(16)25-18/h5-6,8,10-12,14,18H,2-4,7,9,13H2,1H3. The van der Waals surface area contributed by atoms with E-state index in [2.05, 4.69) is 22.0 Å². The van der Waals surface area contributed by atoms with E-state index in [9.17, 15) is 8.42 Å². The Morgan fingerprint density at radius 1 is 1.15 bits per heavy atom. The minimum Gasteiger partial charge on any atom is -0.490 e. The van der Waals surface area contributed by atoms with Crippen LogP contribution in [0.25, 0.3) is 0 Å². The van der Waals surface area contributed by atoms with Gasteiger partial charge in [-0.25, -0.2) is 0 Å². The Morgan fingerprint density at radius 2 is 1.92 bits per heavy atom. The Hall–Kier alpha value is -1.37. The van der Waals surface area contributed by atoms with E-state index in [0.717, 1.165) is 41.5 Å². The van der Waals surface area contributed by atoms with Crippen LogP contribution in [0.1, 0.15) is 36.8 Å². The van der Waals surface area contributed by atoms with E-state index in [1.165, 1.54) is 5.56 Å². The van der Waals surface area contributed by atoms with Gasteiger partial charge in [0, 0.05) is 4.47 Å². The number of rotatable bonds is 7. The number of fused-ring (bicyclic) bond motifs is 1. The van der Waals surface area contributed by atoms with Crippen LogP contribution in [0.4, 0.5) is 0 Å². The Morgan fingerprint density at radius 3 is 2.69 bits per heavy atom. The molecule has 2 aromatic carbocycles. The summed E-state index contributed by atoms with van der Waals surface area (Å²) >= 11 is 3.48. The molecule has 1 heterocycles. The number of benzene rings is 2. The maximum atomic E-state index is 12.1. The molecule has 0 N–H and O–H groups in total. The normalized spacial score (nSPS) is 16.8. The molecule has 3 rings (SSSR count). The third-order valence-electron chi connectivity index (χ3n) is 4.52. The van der Waals surface area contributed by atoms with Crippen LogP contribution in [0.3, 0.4) is 0 Å². The van der Waals surface area contributed by atoms with E-state index in [1.54, 1.807) is 24.3 Å². The van der Waals surface area contributed by atoms with Crippen molar-refractivity contribution < 1.29 is 17.3 Å². The van der Waals surface area contributed by atoms with Gasteiger partial charge in [0.25, 0.3) is 10.1 Å². The molecule has 0 fully saturated rings. The highest BCUT2D eigenvalue weighted by atomic mass is 79.9. The molecule has 140 valence electrons. The van der Waals surface area contributed by atoms with Gasteiger partial charge in [-0.05, 0) is 74.9 Å². The SMILES string of the molecule is Cc1ccc(S(=O)(=O)OCCCCC2CCc3cc(Br)ccc3O2)cc1. The van der Waals surface area contributed by atoms with Crippen molar-refractivity contribution in [3.8, 4) is 5.75 Å². The molecular formula is C20H23BrO4S. The first-order valence-electron chi connectivity index (χ1n) is 8.85. The maximum absolute atomic E-state index is 12.1. The van der Waals surface area contributed by atoms with Gasteiger partial charge >= 0.3 is 0 Å². The van der Waals surface area contributed by atoms with Crippen molar-refractivity contribution in [1.82, 2.24) is 0 Å². The third-order valence-corrected chi connectivity index (χ3v) is 6.34.